The number of carbonyl (C=O) groups excluding carboxylic acids is 1. The lowest BCUT2D eigenvalue weighted by Crippen LogP contribution is -2.54. The van der Waals surface area contributed by atoms with Gasteiger partial charge in [-0.1, -0.05) is 11.8 Å². The van der Waals surface area contributed by atoms with Crippen LogP contribution in [-0.2, 0) is 4.79 Å². The Morgan fingerprint density at radius 2 is 2.43 bits per heavy atom. The summed E-state index contributed by atoms with van der Waals surface area (Å²) in [5.41, 5.74) is 5.25. The first kappa shape index (κ1) is 9.98. The summed E-state index contributed by atoms with van der Waals surface area (Å²) in [6, 6.07) is 0. The maximum atomic E-state index is 11.8. The van der Waals surface area contributed by atoms with Crippen molar-refractivity contribution in [3.05, 3.63) is 0 Å². The fourth-order valence-electron chi connectivity index (χ4n) is 1.51. The maximum absolute atomic E-state index is 11.8. The first-order valence-electron chi connectivity index (χ1n) is 4.88. The molecule has 2 aliphatic rings. The van der Waals surface area contributed by atoms with Gasteiger partial charge in [-0.05, 0) is 25.7 Å². The Morgan fingerprint density at radius 3 is 2.93 bits per heavy atom. The lowest BCUT2D eigenvalue weighted by molar-refractivity contribution is -0.124. The molecule has 5 heteroatoms. The number of amidine groups is 1. The number of hydrogen-bond donors (Lipinski definition) is 2. The zero-order valence-corrected chi connectivity index (χ0v) is 9.06. The molecule has 1 saturated carbocycles. The van der Waals surface area contributed by atoms with Crippen molar-refractivity contribution in [2.45, 2.75) is 25.3 Å². The van der Waals surface area contributed by atoms with Crippen LogP contribution in [0.2, 0.25) is 0 Å². The molecule has 0 saturated heterocycles. The maximum Gasteiger partial charge on any atom is 0.245 e. The fraction of sp³-hybridized carbons (Fsp3) is 0.778. The van der Waals surface area contributed by atoms with Gasteiger partial charge >= 0.3 is 0 Å². The van der Waals surface area contributed by atoms with E-state index in [0.717, 1.165) is 30.3 Å². The Balaban J connectivity index is 1.93. The van der Waals surface area contributed by atoms with Gasteiger partial charge in [-0.3, -0.25) is 9.79 Å². The first-order valence-corrected chi connectivity index (χ1v) is 5.87. The Hall–Kier alpha value is -0.550. The standard InChI is InChI=1S/C9H15N3OS/c1-9(10,6-2-3-6)7(13)12-8-11-4-5-14-8/h6H,2-5,10H2,1H3,(H,11,12,13). The minimum Gasteiger partial charge on any atom is -0.317 e. The van der Waals surface area contributed by atoms with E-state index in [1.807, 2.05) is 0 Å². The molecule has 0 bridgehead atoms. The molecular weight excluding hydrogens is 198 g/mol. The summed E-state index contributed by atoms with van der Waals surface area (Å²) in [5.74, 6) is 1.23. The summed E-state index contributed by atoms with van der Waals surface area (Å²) in [6.45, 7) is 2.60. The van der Waals surface area contributed by atoms with Crippen molar-refractivity contribution in [3.8, 4) is 0 Å². The molecule has 14 heavy (non-hydrogen) atoms. The number of nitrogens with one attached hydrogen (secondary N) is 1. The van der Waals surface area contributed by atoms with Crippen molar-refractivity contribution in [3.63, 3.8) is 0 Å². The van der Waals surface area contributed by atoms with Gasteiger partial charge in [0.2, 0.25) is 5.91 Å². The van der Waals surface area contributed by atoms with Gasteiger partial charge in [0.1, 0.15) is 0 Å². The molecule has 0 spiro atoms. The van der Waals surface area contributed by atoms with Gasteiger partial charge in [0, 0.05) is 5.75 Å². The molecule has 1 amide bonds. The third kappa shape index (κ3) is 1.93. The third-order valence-electron chi connectivity index (χ3n) is 2.72. The largest absolute Gasteiger partial charge is 0.317 e. The second-order valence-electron chi connectivity index (χ2n) is 4.05. The molecule has 1 heterocycles. The van der Waals surface area contributed by atoms with E-state index >= 15 is 0 Å². The van der Waals surface area contributed by atoms with Gasteiger partial charge < -0.3 is 11.1 Å². The molecule has 4 nitrogen and oxygen atoms in total. The van der Waals surface area contributed by atoms with E-state index in [4.69, 9.17) is 5.73 Å². The molecule has 3 N–H and O–H groups in total. The highest BCUT2D eigenvalue weighted by molar-refractivity contribution is 8.14. The molecule has 1 fully saturated rings. The number of amides is 1. The van der Waals surface area contributed by atoms with Crippen LogP contribution < -0.4 is 11.1 Å². The highest BCUT2D eigenvalue weighted by atomic mass is 32.2. The van der Waals surface area contributed by atoms with Gasteiger partial charge in [-0.2, -0.15) is 0 Å². The molecular formula is C9H15N3OS. The molecule has 0 aromatic heterocycles. The molecule has 1 unspecified atom stereocenters. The van der Waals surface area contributed by atoms with Crippen LogP contribution >= 0.6 is 11.8 Å². The second kappa shape index (κ2) is 3.55. The summed E-state index contributed by atoms with van der Waals surface area (Å²) >= 11 is 1.58. The van der Waals surface area contributed by atoms with Crippen LogP contribution in [0.5, 0.6) is 0 Å². The van der Waals surface area contributed by atoms with E-state index in [-0.39, 0.29) is 5.91 Å². The third-order valence-corrected chi connectivity index (χ3v) is 3.61. The van der Waals surface area contributed by atoms with Crippen molar-refractivity contribution in [1.82, 2.24) is 5.32 Å². The minimum absolute atomic E-state index is 0.0897. The number of aliphatic imine (C=N–C) groups is 1. The predicted octanol–water partition coefficient (Wildman–Crippen LogP) is 0.333. The second-order valence-corrected chi connectivity index (χ2v) is 5.13. The lowest BCUT2D eigenvalue weighted by atomic mass is 9.96. The molecule has 1 atom stereocenters. The van der Waals surface area contributed by atoms with E-state index in [9.17, 15) is 4.79 Å². The van der Waals surface area contributed by atoms with Crippen molar-refractivity contribution < 1.29 is 4.79 Å². The summed E-state index contributed by atoms with van der Waals surface area (Å²) in [7, 11) is 0. The van der Waals surface area contributed by atoms with Crippen LogP contribution in [0.25, 0.3) is 0 Å². The normalized spacial score (nSPS) is 25.4. The lowest BCUT2D eigenvalue weighted by Gasteiger charge is -2.22. The van der Waals surface area contributed by atoms with Crippen molar-refractivity contribution >= 4 is 22.8 Å². The molecule has 0 radical (unpaired) electrons. The number of nitrogens with two attached hydrogens (primary N) is 1. The van der Waals surface area contributed by atoms with Crippen molar-refractivity contribution in [2.24, 2.45) is 16.6 Å². The molecule has 0 aromatic rings. The van der Waals surface area contributed by atoms with Gasteiger partial charge in [0.25, 0.3) is 0 Å². The van der Waals surface area contributed by atoms with Crippen LogP contribution in [0, 0.1) is 5.92 Å². The van der Waals surface area contributed by atoms with E-state index < -0.39 is 5.54 Å². The number of rotatable bonds is 2. The van der Waals surface area contributed by atoms with Crippen LogP contribution in [0.4, 0.5) is 0 Å². The number of thioether (sulfide) groups is 1. The smallest absolute Gasteiger partial charge is 0.245 e. The predicted molar refractivity (Wildman–Crippen MR) is 58.2 cm³/mol. The number of carbonyl (C=O) groups is 1. The summed E-state index contributed by atoms with van der Waals surface area (Å²) < 4.78 is 0. The van der Waals surface area contributed by atoms with E-state index in [1.54, 1.807) is 18.7 Å². The van der Waals surface area contributed by atoms with Crippen molar-refractivity contribution in [2.75, 3.05) is 12.3 Å². The molecule has 0 aromatic carbocycles. The molecule has 1 aliphatic heterocycles. The molecule has 78 valence electrons. The molecule has 1 aliphatic carbocycles. The zero-order chi connectivity index (χ0) is 10.2. The van der Waals surface area contributed by atoms with Crippen molar-refractivity contribution in [1.29, 1.82) is 0 Å². The van der Waals surface area contributed by atoms with Gasteiger partial charge in [-0.25, -0.2) is 0 Å². The van der Waals surface area contributed by atoms with Crippen LogP contribution in [-0.4, -0.2) is 28.9 Å². The van der Waals surface area contributed by atoms with Crippen LogP contribution in [0.3, 0.4) is 0 Å². The van der Waals surface area contributed by atoms with E-state index in [1.165, 1.54) is 0 Å². The summed E-state index contributed by atoms with van der Waals surface area (Å²) in [4.78, 5) is 15.9. The van der Waals surface area contributed by atoms with Crippen LogP contribution in [0.15, 0.2) is 4.99 Å². The van der Waals surface area contributed by atoms with Gasteiger partial charge in [0.05, 0.1) is 12.1 Å². The quantitative estimate of drug-likeness (QED) is 0.694. The van der Waals surface area contributed by atoms with Gasteiger partial charge in [-0.15, -0.1) is 0 Å². The SMILES string of the molecule is CC(N)(C(=O)NC1=NCCS1)C1CC1. The zero-order valence-electron chi connectivity index (χ0n) is 8.25. The minimum atomic E-state index is -0.717. The molecule has 2 rings (SSSR count). The Kier molecular flexibility index (Phi) is 2.53. The summed E-state index contributed by atoms with van der Waals surface area (Å²) in [5, 5.41) is 3.52. The highest BCUT2D eigenvalue weighted by Gasteiger charge is 2.44. The number of nitrogens with zero attached hydrogens (tertiary/aromatic N) is 1. The topological polar surface area (TPSA) is 67.5 Å². The Morgan fingerprint density at radius 1 is 1.71 bits per heavy atom. The highest BCUT2D eigenvalue weighted by Crippen LogP contribution is 2.38. The average Bonchev–Trinajstić information content (AvgIpc) is 2.88. The Bertz CT molecular complexity index is 284. The Labute approximate surface area is 87.7 Å². The first-order chi connectivity index (χ1) is 6.60. The fourth-order valence-corrected chi connectivity index (χ4v) is 2.23. The summed E-state index contributed by atoms with van der Waals surface area (Å²) in [6.07, 6.45) is 2.14. The van der Waals surface area contributed by atoms with E-state index in [2.05, 4.69) is 10.3 Å². The number of hydrogen-bond acceptors (Lipinski definition) is 4. The average molecular weight is 213 g/mol. The van der Waals surface area contributed by atoms with E-state index in [0.29, 0.717) is 5.92 Å². The monoisotopic (exact) mass is 213 g/mol. The van der Waals surface area contributed by atoms with Crippen LogP contribution in [0.1, 0.15) is 19.8 Å². The van der Waals surface area contributed by atoms with Gasteiger partial charge in [0.15, 0.2) is 5.17 Å².